The number of urea groups is 1. The van der Waals surface area contributed by atoms with Crippen molar-refractivity contribution >= 4 is 22.8 Å². The second-order valence-electron chi connectivity index (χ2n) is 8.08. The van der Waals surface area contributed by atoms with E-state index in [1.165, 1.54) is 11.1 Å². The summed E-state index contributed by atoms with van der Waals surface area (Å²) in [4.78, 5) is 27.3. The number of carbonyl (C=O) groups is 1. The highest BCUT2D eigenvalue weighted by Gasteiger charge is 2.30. The Labute approximate surface area is 170 Å². The van der Waals surface area contributed by atoms with Crippen LogP contribution in [0, 0.1) is 20.8 Å². The zero-order chi connectivity index (χ0) is 20.5. The van der Waals surface area contributed by atoms with Crippen LogP contribution in [0.25, 0.3) is 11.0 Å². The molecule has 1 aromatic carbocycles. The van der Waals surface area contributed by atoms with Crippen LogP contribution in [0.3, 0.4) is 0 Å². The third kappa shape index (κ3) is 4.24. The number of carbonyl (C=O) groups excluding carboxylic acids is 1. The average Bonchev–Trinajstić information content (AvgIpc) is 3.08. The van der Waals surface area contributed by atoms with E-state index in [0.717, 1.165) is 41.9 Å². The van der Waals surface area contributed by atoms with E-state index < -0.39 is 0 Å². The standard InChI is InChI=1S/C22H28N6O/c1-13-9-18-19(10-14(13)2)27-21(26-18)20-11-16(7-8-28(20)4)24-22(29)25-17-6-5-15(3)23-12-17/h5-6,9-10,12,16,20H,7-8,11H2,1-4H3,(H,26,27)(H2,24,25,29). The molecule has 2 aromatic heterocycles. The molecule has 7 heteroatoms. The van der Waals surface area contributed by atoms with Gasteiger partial charge in [-0.2, -0.15) is 0 Å². The summed E-state index contributed by atoms with van der Waals surface area (Å²) in [6.07, 6.45) is 3.39. The first-order valence-corrected chi connectivity index (χ1v) is 10.1. The molecule has 1 saturated heterocycles. The molecule has 2 amide bonds. The molecule has 1 fully saturated rings. The van der Waals surface area contributed by atoms with E-state index in [1.54, 1.807) is 6.20 Å². The molecule has 0 aliphatic carbocycles. The minimum atomic E-state index is -0.195. The summed E-state index contributed by atoms with van der Waals surface area (Å²) < 4.78 is 0. The lowest BCUT2D eigenvalue weighted by atomic mass is 9.97. The van der Waals surface area contributed by atoms with Crippen molar-refractivity contribution in [2.75, 3.05) is 18.9 Å². The summed E-state index contributed by atoms with van der Waals surface area (Å²) in [7, 11) is 2.11. The maximum absolute atomic E-state index is 12.4. The summed E-state index contributed by atoms with van der Waals surface area (Å²) >= 11 is 0. The Bertz CT molecular complexity index is 987. The van der Waals surface area contributed by atoms with Gasteiger partial charge in [-0.3, -0.25) is 9.88 Å². The number of nitrogens with one attached hydrogen (secondary N) is 3. The lowest BCUT2D eigenvalue weighted by molar-refractivity contribution is 0.153. The van der Waals surface area contributed by atoms with E-state index in [0.29, 0.717) is 5.69 Å². The molecule has 0 saturated carbocycles. The maximum Gasteiger partial charge on any atom is 0.319 e. The molecule has 3 N–H and O–H groups in total. The Morgan fingerprint density at radius 2 is 2.00 bits per heavy atom. The van der Waals surface area contributed by atoms with Crippen LogP contribution >= 0.6 is 0 Å². The van der Waals surface area contributed by atoms with Crippen LogP contribution < -0.4 is 10.6 Å². The molecule has 1 aliphatic rings. The van der Waals surface area contributed by atoms with E-state index in [-0.39, 0.29) is 18.1 Å². The number of fused-ring (bicyclic) bond motifs is 1. The molecule has 1 aliphatic heterocycles. The molecular formula is C22H28N6O. The Hall–Kier alpha value is -2.93. The summed E-state index contributed by atoms with van der Waals surface area (Å²) in [6.45, 7) is 7.04. The van der Waals surface area contributed by atoms with Crippen molar-refractivity contribution in [1.29, 1.82) is 0 Å². The molecule has 0 radical (unpaired) electrons. The number of amides is 2. The Balaban J connectivity index is 1.45. The van der Waals surface area contributed by atoms with Gasteiger partial charge >= 0.3 is 6.03 Å². The summed E-state index contributed by atoms with van der Waals surface area (Å²) in [5.74, 6) is 0.960. The summed E-state index contributed by atoms with van der Waals surface area (Å²) in [5.41, 5.74) is 6.18. The second-order valence-corrected chi connectivity index (χ2v) is 8.08. The highest BCUT2D eigenvalue weighted by Crippen LogP contribution is 2.30. The van der Waals surface area contributed by atoms with Gasteiger partial charge in [-0.15, -0.1) is 0 Å². The number of H-pyrrole nitrogens is 1. The van der Waals surface area contributed by atoms with Crippen molar-refractivity contribution in [3.63, 3.8) is 0 Å². The van der Waals surface area contributed by atoms with Gasteiger partial charge < -0.3 is 15.6 Å². The van der Waals surface area contributed by atoms with Gasteiger partial charge in [0.2, 0.25) is 0 Å². The van der Waals surface area contributed by atoms with Gasteiger partial charge in [-0.1, -0.05) is 0 Å². The monoisotopic (exact) mass is 392 g/mol. The van der Waals surface area contributed by atoms with Crippen molar-refractivity contribution in [1.82, 2.24) is 25.2 Å². The number of nitrogens with zero attached hydrogens (tertiary/aromatic N) is 3. The smallest absolute Gasteiger partial charge is 0.319 e. The van der Waals surface area contributed by atoms with Crippen molar-refractivity contribution in [3.8, 4) is 0 Å². The van der Waals surface area contributed by atoms with Crippen LogP contribution in [-0.2, 0) is 0 Å². The van der Waals surface area contributed by atoms with Crippen LogP contribution in [-0.4, -0.2) is 45.5 Å². The SMILES string of the molecule is Cc1ccc(NC(=O)NC2CCN(C)C(c3nc4cc(C)c(C)cc4[nH]3)C2)cn1. The van der Waals surface area contributed by atoms with Gasteiger partial charge in [-0.05, 0) is 76.1 Å². The van der Waals surface area contributed by atoms with E-state index >= 15 is 0 Å². The number of aromatic amines is 1. The normalized spacial score (nSPS) is 20.0. The van der Waals surface area contributed by atoms with Crippen LogP contribution in [0.15, 0.2) is 30.5 Å². The van der Waals surface area contributed by atoms with Crippen LogP contribution in [0.4, 0.5) is 10.5 Å². The third-order valence-corrected chi connectivity index (χ3v) is 5.81. The van der Waals surface area contributed by atoms with E-state index in [4.69, 9.17) is 4.98 Å². The molecule has 7 nitrogen and oxygen atoms in total. The number of rotatable bonds is 3. The largest absolute Gasteiger partial charge is 0.341 e. The molecule has 2 unspecified atom stereocenters. The fourth-order valence-electron chi connectivity index (χ4n) is 3.88. The molecule has 152 valence electrons. The quantitative estimate of drug-likeness (QED) is 0.632. The number of likely N-dealkylation sites (tertiary alicyclic amines) is 1. The molecule has 2 atom stereocenters. The van der Waals surface area contributed by atoms with E-state index in [2.05, 4.69) is 58.5 Å². The molecule has 3 heterocycles. The number of aryl methyl sites for hydroxylation is 3. The minimum Gasteiger partial charge on any atom is -0.341 e. The van der Waals surface area contributed by atoms with Gasteiger partial charge in [0.25, 0.3) is 0 Å². The van der Waals surface area contributed by atoms with Gasteiger partial charge in [0.15, 0.2) is 0 Å². The van der Waals surface area contributed by atoms with E-state index in [9.17, 15) is 4.79 Å². The highest BCUT2D eigenvalue weighted by molar-refractivity contribution is 5.89. The summed E-state index contributed by atoms with van der Waals surface area (Å²) in [5, 5.41) is 5.97. The van der Waals surface area contributed by atoms with Crippen molar-refractivity contribution in [2.24, 2.45) is 0 Å². The lowest BCUT2D eigenvalue weighted by Gasteiger charge is -2.36. The van der Waals surface area contributed by atoms with Crippen molar-refractivity contribution in [2.45, 2.75) is 45.7 Å². The van der Waals surface area contributed by atoms with Gasteiger partial charge in [0.05, 0.1) is 29.0 Å². The third-order valence-electron chi connectivity index (χ3n) is 5.81. The minimum absolute atomic E-state index is 0.0892. The molecule has 4 rings (SSSR count). The first-order valence-electron chi connectivity index (χ1n) is 10.1. The van der Waals surface area contributed by atoms with Gasteiger partial charge in [-0.25, -0.2) is 9.78 Å². The predicted molar refractivity (Wildman–Crippen MR) is 115 cm³/mol. The van der Waals surface area contributed by atoms with Gasteiger partial charge in [0.1, 0.15) is 5.82 Å². The Kier molecular flexibility index (Phi) is 5.24. The average molecular weight is 393 g/mol. The van der Waals surface area contributed by atoms with Crippen LogP contribution in [0.5, 0.6) is 0 Å². The number of pyridine rings is 1. The topological polar surface area (TPSA) is 85.9 Å². The van der Waals surface area contributed by atoms with Crippen molar-refractivity contribution in [3.05, 3.63) is 53.1 Å². The number of piperidine rings is 1. The van der Waals surface area contributed by atoms with E-state index in [1.807, 2.05) is 19.1 Å². The fraction of sp³-hybridized carbons (Fsp3) is 0.409. The second kappa shape index (κ2) is 7.83. The number of imidazole rings is 1. The fourth-order valence-corrected chi connectivity index (χ4v) is 3.88. The van der Waals surface area contributed by atoms with Gasteiger partial charge in [0, 0.05) is 18.3 Å². The molecule has 29 heavy (non-hydrogen) atoms. The predicted octanol–water partition coefficient (Wildman–Crippen LogP) is 3.84. The molecule has 0 bridgehead atoms. The van der Waals surface area contributed by atoms with Crippen LogP contribution in [0.1, 0.15) is 41.5 Å². The number of hydrogen-bond acceptors (Lipinski definition) is 4. The molecule has 0 spiro atoms. The lowest BCUT2D eigenvalue weighted by Crippen LogP contribution is -2.46. The maximum atomic E-state index is 12.4. The number of hydrogen-bond donors (Lipinski definition) is 3. The molecular weight excluding hydrogens is 364 g/mol. The zero-order valence-electron chi connectivity index (χ0n) is 17.4. The van der Waals surface area contributed by atoms with Crippen LogP contribution in [0.2, 0.25) is 0 Å². The van der Waals surface area contributed by atoms with Crippen molar-refractivity contribution < 1.29 is 4.79 Å². The first-order chi connectivity index (χ1) is 13.9. The molecule has 3 aromatic rings. The number of benzene rings is 1. The number of anilines is 1. The summed E-state index contributed by atoms with van der Waals surface area (Å²) in [6, 6.07) is 8.06. The number of aromatic nitrogens is 3. The zero-order valence-corrected chi connectivity index (χ0v) is 17.4. The highest BCUT2D eigenvalue weighted by atomic mass is 16.2. The first kappa shape index (κ1) is 19.4. The Morgan fingerprint density at radius 1 is 1.21 bits per heavy atom. The Morgan fingerprint density at radius 3 is 2.76 bits per heavy atom.